The van der Waals surface area contributed by atoms with E-state index in [1.807, 2.05) is 47.2 Å². The smallest absolute Gasteiger partial charge is 0.243 e. The van der Waals surface area contributed by atoms with Gasteiger partial charge in [0.05, 0.1) is 28.3 Å². The Morgan fingerprint density at radius 2 is 1.02 bits per heavy atom. The number of hydrogen-bond acceptors (Lipinski definition) is 11. The highest BCUT2D eigenvalue weighted by molar-refractivity contribution is 7.89. The third kappa shape index (κ3) is 9.50. The molecular formula is C42H44F2N6O5S4. The zero-order chi connectivity index (χ0) is 41.9. The number of benzene rings is 4. The van der Waals surface area contributed by atoms with Crippen molar-refractivity contribution >= 4 is 53.0 Å². The van der Waals surface area contributed by atoms with Crippen molar-refractivity contribution in [1.82, 2.24) is 18.6 Å². The Morgan fingerprint density at radius 3 is 1.46 bits per heavy atom. The molecule has 0 radical (unpaired) electrons. The number of aryl methyl sites for hydroxylation is 3. The maximum Gasteiger partial charge on any atom is 0.243 e. The first-order valence-corrected chi connectivity index (χ1v) is 23.5. The van der Waals surface area contributed by atoms with E-state index < -0.39 is 31.7 Å². The van der Waals surface area contributed by atoms with Crippen molar-refractivity contribution in [2.45, 2.75) is 30.6 Å². The largest absolute Gasteiger partial charge is 0.497 e. The molecule has 8 rings (SSSR count). The molecule has 2 saturated heterocycles. The third-order valence-corrected chi connectivity index (χ3v) is 16.1. The fourth-order valence-electron chi connectivity index (χ4n) is 6.89. The fourth-order valence-corrected chi connectivity index (χ4v) is 12.0. The average Bonchev–Trinajstić information content (AvgIpc) is 3.95. The van der Waals surface area contributed by atoms with Gasteiger partial charge in [-0.05, 0) is 74.4 Å². The van der Waals surface area contributed by atoms with E-state index in [0.29, 0.717) is 63.5 Å². The van der Waals surface area contributed by atoms with E-state index >= 15 is 0 Å². The van der Waals surface area contributed by atoms with Gasteiger partial charge in [0.15, 0.2) is 10.3 Å². The number of aromatic nitrogens is 2. The highest BCUT2D eigenvalue weighted by Gasteiger charge is 2.32. The van der Waals surface area contributed by atoms with Gasteiger partial charge in [0.2, 0.25) is 20.0 Å². The normalized spacial score (nSPS) is 15.5. The molecule has 4 aromatic carbocycles. The molecule has 2 aromatic heterocycles. The van der Waals surface area contributed by atoms with E-state index in [1.54, 1.807) is 32.3 Å². The van der Waals surface area contributed by atoms with E-state index in [-0.39, 0.29) is 9.79 Å². The lowest BCUT2D eigenvalue weighted by atomic mass is 10.1. The summed E-state index contributed by atoms with van der Waals surface area (Å²) in [4.78, 5) is 13.7. The van der Waals surface area contributed by atoms with Gasteiger partial charge < -0.3 is 14.5 Å². The van der Waals surface area contributed by atoms with Gasteiger partial charge in [-0.2, -0.15) is 8.61 Å². The maximum absolute atomic E-state index is 13.6. The summed E-state index contributed by atoms with van der Waals surface area (Å²) in [5.74, 6) is -0.321. The van der Waals surface area contributed by atoms with Crippen LogP contribution in [-0.4, -0.2) is 94.9 Å². The highest BCUT2D eigenvalue weighted by atomic mass is 32.2. The summed E-state index contributed by atoms with van der Waals surface area (Å²) >= 11 is 3.09. The van der Waals surface area contributed by atoms with Gasteiger partial charge in [-0.1, -0.05) is 48.0 Å². The Kier molecular flexibility index (Phi) is 12.8. The van der Waals surface area contributed by atoms with E-state index in [1.165, 1.54) is 49.8 Å². The van der Waals surface area contributed by atoms with E-state index in [0.717, 1.165) is 50.7 Å². The minimum Gasteiger partial charge on any atom is -0.497 e. The number of ether oxygens (including phenoxy) is 1. The van der Waals surface area contributed by atoms with E-state index in [4.69, 9.17) is 14.7 Å². The second kappa shape index (κ2) is 17.8. The van der Waals surface area contributed by atoms with Gasteiger partial charge in [-0.3, -0.25) is 0 Å². The Morgan fingerprint density at radius 1 is 0.576 bits per heavy atom. The van der Waals surface area contributed by atoms with Gasteiger partial charge in [0.25, 0.3) is 0 Å². The zero-order valence-corrected chi connectivity index (χ0v) is 36.3. The second-order valence-electron chi connectivity index (χ2n) is 14.2. The zero-order valence-electron chi connectivity index (χ0n) is 33.0. The Balaban J connectivity index is 0.000000179. The molecule has 0 saturated carbocycles. The maximum atomic E-state index is 13.6. The molecule has 0 bridgehead atoms. The van der Waals surface area contributed by atoms with Gasteiger partial charge in [-0.15, -0.1) is 22.7 Å². The molecule has 2 fully saturated rings. The number of anilines is 2. The number of methoxy groups -OCH3 is 1. The minimum atomic E-state index is -3.73. The van der Waals surface area contributed by atoms with Crippen LogP contribution >= 0.6 is 22.7 Å². The molecule has 0 atom stereocenters. The van der Waals surface area contributed by atoms with Crippen molar-refractivity contribution in [3.8, 4) is 28.3 Å². The number of piperazine rings is 2. The van der Waals surface area contributed by atoms with Crippen molar-refractivity contribution in [2.24, 2.45) is 0 Å². The van der Waals surface area contributed by atoms with E-state index in [9.17, 15) is 25.6 Å². The molecule has 2 aliphatic rings. The topological polar surface area (TPSA) is 116 Å². The second-order valence-corrected chi connectivity index (χ2v) is 19.7. The first kappa shape index (κ1) is 42.3. The quantitative estimate of drug-likeness (QED) is 0.143. The van der Waals surface area contributed by atoms with Crippen LogP contribution in [0.5, 0.6) is 5.75 Å². The molecule has 0 aliphatic carbocycles. The predicted molar refractivity (Wildman–Crippen MR) is 231 cm³/mol. The van der Waals surface area contributed by atoms with Gasteiger partial charge in [0, 0.05) is 74.2 Å². The van der Waals surface area contributed by atoms with E-state index in [2.05, 4.69) is 28.9 Å². The van der Waals surface area contributed by atoms with Crippen LogP contribution in [0.1, 0.15) is 16.7 Å². The first-order valence-electron chi connectivity index (χ1n) is 18.9. The fraction of sp³-hybridized carbons (Fsp3) is 0.286. The van der Waals surface area contributed by atoms with Crippen LogP contribution in [0.3, 0.4) is 0 Å². The summed E-state index contributed by atoms with van der Waals surface area (Å²) in [7, 11) is -5.81. The van der Waals surface area contributed by atoms with Crippen molar-refractivity contribution in [2.75, 3.05) is 69.3 Å². The molecule has 17 heteroatoms. The van der Waals surface area contributed by atoms with Crippen LogP contribution in [0.4, 0.5) is 19.0 Å². The molecule has 0 unspecified atom stereocenters. The van der Waals surface area contributed by atoms with Crippen molar-refractivity contribution in [3.63, 3.8) is 0 Å². The summed E-state index contributed by atoms with van der Waals surface area (Å²) in [5, 5.41) is 5.76. The Hall–Kier alpha value is -4.78. The molecular weight excluding hydrogens is 835 g/mol. The third-order valence-electron chi connectivity index (χ3n) is 10.2. The first-order chi connectivity index (χ1) is 28.2. The van der Waals surface area contributed by atoms with Crippen LogP contribution in [0.25, 0.3) is 22.5 Å². The number of rotatable bonds is 9. The summed E-state index contributed by atoms with van der Waals surface area (Å²) in [6.07, 6.45) is 0. The van der Waals surface area contributed by atoms with Crippen LogP contribution < -0.4 is 14.5 Å². The lowest BCUT2D eigenvalue weighted by molar-refractivity contribution is 0.384. The summed E-state index contributed by atoms with van der Waals surface area (Å²) in [6, 6.07) is 23.7. The Bertz CT molecular complexity index is 2660. The van der Waals surface area contributed by atoms with Crippen LogP contribution in [0.2, 0.25) is 0 Å². The average molecular weight is 879 g/mol. The number of nitrogens with zero attached hydrogens (tertiary/aromatic N) is 6. The van der Waals surface area contributed by atoms with Crippen molar-refractivity contribution in [1.29, 1.82) is 0 Å². The summed E-state index contributed by atoms with van der Waals surface area (Å²) in [5.41, 5.74) is 6.12. The van der Waals surface area contributed by atoms with Crippen molar-refractivity contribution < 1.29 is 30.4 Å². The minimum absolute atomic E-state index is 0.0329. The van der Waals surface area contributed by atoms with Gasteiger partial charge in [-0.25, -0.2) is 35.6 Å². The van der Waals surface area contributed by atoms with Crippen LogP contribution in [0, 0.1) is 32.4 Å². The highest BCUT2D eigenvalue weighted by Crippen LogP contribution is 2.32. The summed E-state index contributed by atoms with van der Waals surface area (Å²) < 4.78 is 87.2. The van der Waals surface area contributed by atoms with Crippen LogP contribution in [-0.2, 0) is 20.0 Å². The van der Waals surface area contributed by atoms with Gasteiger partial charge >= 0.3 is 0 Å². The molecule has 59 heavy (non-hydrogen) atoms. The monoisotopic (exact) mass is 878 g/mol. The number of thiazole rings is 2. The molecule has 0 amide bonds. The molecule has 11 nitrogen and oxygen atoms in total. The lowest BCUT2D eigenvalue weighted by Gasteiger charge is -2.34. The molecule has 4 heterocycles. The SMILES string of the molecule is COc1cccc(-c2csc(N3CCN(S(=O)(=O)c4cc(F)ccc4C)CC3)n2)c1.Cc1cccc(-c2csc(N3CCN(S(=O)(=O)c4cc(F)ccc4C)CC3)n2)c1. The molecule has 0 N–H and O–H groups in total. The number of sulfonamides is 2. The molecule has 6 aromatic rings. The van der Waals surface area contributed by atoms with Gasteiger partial charge in [0.1, 0.15) is 17.4 Å². The predicted octanol–water partition coefficient (Wildman–Crippen LogP) is 7.85. The Labute approximate surface area is 352 Å². The van der Waals surface area contributed by atoms with Crippen LogP contribution in [0.15, 0.2) is 105 Å². The molecule has 2 aliphatic heterocycles. The molecule has 310 valence electrons. The summed E-state index contributed by atoms with van der Waals surface area (Å²) in [6.45, 7) is 8.91. The standard InChI is InChI=1S/C21H22FN3O3S2.C21H22FN3O2S2/c1-15-6-7-17(22)13-20(15)30(26,27)25-10-8-24(9-11-25)21-23-19(14-29-21)16-4-3-5-18(12-16)28-2;1-15-4-3-5-17(12-15)19-14-28-21(23-19)24-8-10-25(11-9-24)29(26,27)20-13-18(22)7-6-16(20)2/h3-7,12-14H,8-11H2,1-2H3;3-7,12-14H,8-11H2,1-2H3. The number of hydrogen-bond donors (Lipinski definition) is 0. The van der Waals surface area contributed by atoms with Crippen molar-refractivity contribution in [3.05, 3.63) is 124 Å². The molecule has 0 spiro atoms. The lowest BCUT2D eigenvalue weighted by Crippen LogP contribution is -2.48. The number of halogens is 2.